The van der Waals surface area contributed by atoms with E-state index in [-0.39, 0.29) is 16.1 Å². The molecule has 0 amide bonds. The Labute approximate surface area is 184 Å². The molecule has 4 aromatic carbocycles. The molecule has 0 nitrogen and oxygen atoms in total. The first-order chi connectivity index (χ1) is 14.9. The van der Waals surface area contributed by atoms with Crippen molar-refractivity contribution in [3.8, 4) is 22.3 Å². The van der Waals surface area contributed by atoms with Crippen molar-refractivity contribution in [1.82, 2.24) is 0 Å². The van der Waals surface area contributed by atoms with Gasteiger partial charge >= 0.3 is 0 Å². The monoisotopic (exact) mass is 436 g/mol. The van der Waals surface area contributed by atoms with Gasteiger partial charge in [-0.2, -0.15) is 0 Å². The van der Waals surface area contributed by atoms with Gasteiger partial charge in [0.25, 0.3) is 0 Å². The Morgan fingerprint density at radius 2 is 1.26 bits per heavy atom. The average Bonchev–Trinajstić information content (AvgIpc) is 2.77. The molecular formula is C27H20ClF3. The van der Waals surface area contributed by atoms with Gasteiger partial charge in [-0.05, 0) is 64.4 Å². The number of hydrogen-bond donors (Lipinski definition) is 0. The van der Waals surface area contributed by atoms with Crippen molar-refractivity contribution in [2.45, 2.75) is 19.3 Å². The molecule has 4 rings (SSSR count). The summed E-state index contributed by atoms with van der Waals surface area (Å²) in [6.45, 7) is 2.17. The maximum atomic E-state index is 14.8. The molecule has 0 spiro atoms. The maximum Gasteiger partial charge on any atom is 0.142 e. The van der Waals surface area contributed by atoms with E-state index in [0.717, 1.165) is 18.1 Å². The Hall–Kier alpha value is -3.04. The van der Waals surface area contributed by atoms with Gasteiger partial charge in [-0.25, -0.2) is 13.2 Å². The first-order valence-corrected chi connectivity index (χ1v) is 10.4. The molecule has 0 aliphatic rings. The minimum atomic E-state index is -0.751. The molecule has 4 heteroatoms. The predicted molar refractivity (Wildman–Crippen MR) is 121 cm³/mol. The van der Waals surface area contributed by atoms with Gasteiger partial charge in [-0.15, -0.1) is 0 Å². The largest absolute Gasteiger partial charge is 0.206 e. The predicted octanol–water partition coefficient (Wildman–Crippen LogP) is 8.44. The molecule has 1 atom stereocenters. The van der Waals surface area contributed by atoms with Gasteiger partial charge in [-0.1, -0.05) is 79.2 Å². The summed E-state index contributed by atoms with van der Waals surface area (Å²) in [5.41, 5.74) is 3.39. The third-order valence-electron chi connectivity index (χ3n) is 5.45. The third kappa shape index (κ3) is 4.67. The van der Waals surface area contributed by atoms with E-state index in [1.54, 1.807) is 0 Å². The van der Waals surface area contributed by atoms with Gasteiger partial charge in [0.2, 0.25) is 0 Å². The van der Waals surface area contributed by atoms with Crippen LogP contribution in [0, 0.1) is 17.5 Å². The van der Waals surface area contributed by atoms with Gasteiger partial charge in [0, 0.05) is 0 Å². The number of rotatable bonds is 5. The Morgan fingerprint density at radius 3 is 1.87 bits per heavy atom. The first-order valence-electron chi connectivity index (χ1n) is 10.0. The Balaban J connectivity index is 1.58. The molecule has 0 saturated heterocycles. The van der Waals surface area contributed by atoms with Crippen LogP contribution in [0.1, 0.15) is 24.0 Å². The average molecular weight is 437 g/mol. The normalized spacial score (nSPS) is 12.0. The molecule has 31 heavy (non-hydrogen) atoms. The topological polar surface area (TPSA) is 0 Å². The Bertz CT molecular complexity index is 1180. The van der Waals surface area contributed by atoms with Crippen molar-refractivity contribution in [3.05, 3.63) is 119 Å². The fourth-order valence-electron chi connectivity index (χ4n) is 3.75. The van der Waals surface area contributed by atoms with Gasteiger partial charge in [-0.3, -0.25) is 0 Å². The minimum absolute atomic E-state index is 0.0946. The molecule has 4 aromatic rings. The maximum absolute atomic E-state index is 14.8. The quantitative estimate of drug-likeness (QED) is 0.294. The van der Waals surface area contributed by atoms with E-state index in [1.165, 1.54) is 29.8 Å². The number of halogens is 4. The fraction of sp³-hybridized carbons (Fsp3) is 0.111. The lowest BCUT2D eigenvalue weighted by atomic mass is 9.92. The van der Waals surface area contributed by atoms with Crippen LogP contribution < -0.4 is 0 Å². The molecule has 0 saturated carbocycles. The van der Waals surface area contributed by atoms with Crippen molar-refractivity contribution in [3.63, 3.8) is 0 Å². The second kappa shape index (κ2) is 8.99. The van der Waals surface area contributed by atoms with Gasteiger partial charge < -0.3 is 0 Å². The van der Waals surface area contributed by atoms with Crippen LogP contribution in [0.15, 0.2) is 84.9 Å². The lowest BCUT2D eigenvalue weighted by Gasteiger charge is -2.13. The van der Waals surface area contributed by atoms with E-state index < -0.39 is 17.5 Å². The molecule has 0 fully saturated rings. The molecule has 0 aliphatic carbocycles. The summed E-state index contributed by atoms with van der Waals surface area (Å²) in [4.78, 5) is 0. The highest BCUT2D eigenvalue weighted by molar-refractivity contribution is 6.30. The van der Waals surface area contributed by atoms with Crippen LogP contribution in [-0.2, 0) is 6.42 Å². The fourth-order valence-corrected chi connectivity index (χ4v) is 3.87. The van der Waals surface area contributed by atoms with Crippen molar-refractivity contribution in [2.24, 2.45) is 0 Å². The SMILES string of the molecule is C[C@H](Cc1ccc(-c2cc(F)c(-c3ccc(Cl)c(F)c3)c(F)c2)cc1)c1ccccc1. The van der Waals surface area contributed by atoms with E-state index >= 15 is 0 Å². The second-order valence-corrected chi connectivity index (χ2v) is 8.06. The van der Waals surface area contributed by atoms with Crippen LogP contribution in [0.2, 0.25) is 5.02 Å². The van der Waals surface area contributed by atoms with E-state index in [0.29, 0.717) is 17.0 Å². The zero-order valence-electron chi connectivity index (χ0n) is 16.9. The van der Waals surface area contributed by atoms with Crippen molar-refractivity contribution >= 4 is 11.6 Å². The van der Waals surface area contributed by atoms with Crippen molar-refractivity contribution in [2.75, 3.05) is 0 Å². The molecule has 0 radical (unpaired) electrons. The summed E-state index contributed by atoms with van der Waals surface area (Å²) >= 11 is 5.67. The van der Waals surface area contributed by atoms with E-state index in [2.05, 4.69) is 19.1 Å². The zero-order chi connectivity index (χ0) is 22.0. The molecule has 0 unspecified atom stereocenters. The Morgan fingerprint density at radius 1 is 0.677 bits per heavy atom. The van der Waals surface area contributed by atoms with Crippen LogP contribution in [-0.4, -0.2) is 0 Å². The molecule has 0 N–H and O–H groups in total. The highest BCUT2D eigenvalue weighted by atomic mass is 35.5. The number of benzene rings is 4. The Kier molecular flexibility index (Phi) is 6.15. The third-order valence-corrected chi connectivity index (χ3v) is 5.75. The van der Waals surface area contributed by atoms with E-state index in [1.807, 2.05) is 42.5 Å². The van der Waals surface area contributed by atoms with E-state index in [9.17, 15) is 13.2 Å². The van der Waals surface area contributed by atoms with Gasteiger partial charge in [0.15, 0.2) is 0 Å². The van der Waals surface area contributed by atoms with Crippen LogP contribution >= 0.6 is 11.6 Å². The smallest absolute Gasteiger partial charge is 0.142 e. The lowest BCUT2D eigenvalue weighted by molar-refractivity contribution is 0.589. The van der Waals surface area contributed by atoms with Crippen LogP contribution in [0.5, 0.6) is 0 Å². The summed E-state index contributed by atoms with van der Waals surface area (Å²) in [7, 11) is 0. The standard InChI is InChI=1S/C27H20ClF3/c1-17(19-5-3-2-4-6-19)13-18-7-9-20(10-8-18)22-15-25(30)27(26(31)16-22)21-11-12-23(28)24(29)14-21/h2-12,14-17H,13H2,1H3/t17-/m1/s1. The molecule has 0 heterocycles. The molecule has 0 aliphatic heterocycles. The molecule has 0 aromatic heterocycles. The number of hydrogen-bond acceptors (Lipinski definition) is 0. The highest BCUT2D eigenvalue weighted by Crippen LogP contribution is 2.33. The van der Waals surface area contributed by atoms with Gasteiger partial charge in [0.05, 0.1) is 10.6 Å². The first kappa shape index (κ1) is 21.2. The van der Waals surface area contributed by atoms with Crippen LogP contribution in [0.25, 0.3) is 22.3 Å². The zero-order valence-corrected chi connectivity index (χ0v) is 17.6. The van der Waals surface area contributed by atoms with Gasteiger partial charge in [0.1, 0.15) is 17.5 Å². The summed E-state index contributed by atoms with van der Waals surface area (Å²) in [5, 5.41) is -0.0946. The summed E-state index contributed by atoms with van der Waals surface area (Å²) in [6.07, 6.45) is 0.869. The summed E-state index contributed by atoms with van der Waals surface area (Å²) in [5.74, 6) is -1.86. The molecule has 0 bridgehead atoms. The highest BCUT2D eigenvalue weighted by Gasteiger charge is 2.16. The van der Waals surface area contributed by atoms with Crippen LogP contribution in [0.4, 0.5) is 13.2 Å². The summed E-state index contributed by atoms with van der Waals surface area (Å²) in [6, 6.07) is 24.2. The minimum Gasteiger partial charge on any atom is -0.206 e. The van der Waals surface area contributed by atoms with Crippen LogP contribution in [0.3, 0.4) is 0 Å². The molecular weight excluding hydrogens is 417 g/mol. The summed E-state index contributed by atoms with van der Waals surface area (Å²) < 4.78 is 43.2. The lowest BCUT2D eigenvalue weighted by Crippen LogP contribution is -1.98. The second-order valence-electron chi connectivity index (χ2n) is 7.66. The molecule has 156 valence electrons. The van der Waals surface area contributed by atoms with Crippen molar-refractivity contribution < 1.29 is 13.2 Å². The van der Waals surface area contributed by atoms with Crippen molar-refractivity contribution in [1.29, 1.82) is 0 Å². The van der Waals surface area contributed by atoms with E-state index in [4.69, 9.17) is 11.6 Å².